The van der Waals surface area contributed by atoms with Gasteiger partial charge in [0.15, 0.2) is 0 Å². The summed E-state index contributed by atoms with van der Waals surface area (Å²) in [5.74, 6) is -1.88. The van der Waals surface area contributed by atoms with Crippen LogP contribution in [-0.2, 0) is 20.9 Å². The fourth-order valence-electron chi connectivity index (χ4n) is 4.89. The number of hydrogen-bond donors (Lipinski definition) is 0. The molecule has 1 spiro atoms. The fraction of sp³-hybridized carbons (Fsp3) is 0.364. The largest absolute Gasteiger partial charge is 0.360 e. The molecule has 1 aromatic carbocycles. The number of benzene rings is 1. The molecule has 30 heavy (non-hydrogen) atoms. The number of halogens is 1. The Hall–Kier alpha value is -3.13. The van der Waals surface area contributed by atoms with Crippen molar-refractivity contribution in [2.75, 3.05) is 18.5 Å². The molecule has 2 aromatic rings. The minimum atomic E-state index is -0.823. The maximum absolute atomic E-state index is 13.5. The van der Waals surface area contributed by atoms with E-state index in [2.05, 4.69) is 9.97 Å². The topological polar surface area (TPSA) is 75.6 Å². The van der Waals surface area contributed by atoms with Gasteiger partial charge in [0.2, 0.25) is 11.8 Å². The molecule has 2 fully saturated rings. The van der Waals surface area contributed by atoms with Crippen LogP contribution in [0.5, 0.6) is 0 Å². The number of carbonyl (C=O) groups excluding carboxylic acids is 2. The van der Waals surface area contributed by atoms with Crippen molar-refractivity contribution in [3.63, 3.8) is 0 Å². The van der Waals surface area contributed by atoms with E-state index in [1.165, 1.54) is 12.1 Å². The average molecular weight is 408 g/mol. The lowest BCUT2D eigenvalue weighted by Gasteiger charge is -2.27. The second kappa shape index (κ2) is 6.70. The zero-order chi connectivity index (χ0) is 21.0. The minimum Gasteiger partial charge on any atom is -0.360 e. The van der Waals surface area contributed by atoms with E-state index in [0.717, 1.165) is 0 Å². The van der Waals surface area contributed by atoms with Crippen LogP contribution in [0.15, 0.2) is 48.9 Å². The standard InChI is InChI=1S/C22H21FN4O3/c1-13-9-14(23)3-4-16(13)27-12-22-6-5-17(30-22)18(19(22)21(27)29)20(28)26(2)11-15-10-24-7-8-25-15/h3-10,17-19H,11-12H2,1-2H3/t17-,18-,19-,22-/m0/s1. The molecule has 0 radical (unpaired) electrons. The van der Waals surface area contributed by atoms with Gasteiger partial charge in [0.1, 0.15) is 11.4 Å². The summed E-state index contributed by atoms with van der Waals surface area (Å²) < 4.78 is 19.7. The van der Waals surface area contributed by atoms with Gasteiger partial charge < -0.3 is 14.5 Å². The van der Waals surface area contributed by atoms with Gasteiger partial charge in [-0.15, -0.1) is 0 Å². The van der Waals surface area contributed by atoms with Crippen molar-refractivity contribution in [3.8, 4) is 0 Å². The van der Waals surface area contributed by atoms with Crippen LogP contribution in [0.3, 0.4) is 0 Å². The first kappa shape index (κ1) is 18.9. The first-order valence-electron chi connectivity index (χ1n) is 9.84. The predicted molar refractivity (Wildman–Crippen MR) is 106 cm³/mol. The number of ether oxygens (including phenoxy) is 1. The van der Waals surface area contributed by atoms with Gasteiger partial charge in [0.05, 0.1) is 42.9 Å². The zero-order valence-electron chi connectivity index (χ0n) is 16.7. The highest BCUT2D eigenvalue weighted by Gasteiger charge is 2.67. The summed E-state index contributed by atoms with van der Waals surface area (Å²) in [5, 5.41) is 0. The van der Waals surface area contributed by atoms with Crippen LogP contribution in [0.4, 0.5) is 10.1 Å². The van der Waals surface area contributed by atoms with Crippen LogP contribution in [0.1, 0.15) is 11.3 Å². The van der Waals surface area contributed by atoms with E-state index in [1.807, 2.05) is 12.2 Å². The fourth-order valence-corrected chi connectivity index (χ4v) is 4.89. The molecule has 1 aromatic heterocycles. The molecule has 5 rings (SSSR count). The molecule has 3 aliphatic rings. The summed E-state index contributed by atoms with van der Waals surface area (Å²) in [7, 11) is 1.70. The predicted octanol–water partition coefficient (Wildman–Crippen LogP) is 1.87. The number of carbonyl (C=O) groups is 2. The summed E-state index contributed by atoms with van der Waals surface area (Å²) in [5.41, 5.74) is 1.16. The summed E-state index contributed by atoms with van der Waals surface area (Å²) in [4.78, 5) is 38.2. The molecule has 8 heteroatoms. The Morgan fingerprint density at radius 2 is 2.23 bits per heavy atom. The first-order chi connectivity index (χ1) is 14.4. The molecule has 2 saturated heterocycles. The van der Waals surface area contributed by atoms with Crippen LogP contribution in [0.25, 0.3) is 0 Å². The van der Waals surface area contributed by atoms with Gasteiger partial charge in [-0.1, -0.05) is 12.2 Å². The van der Waals surface area contributed by atoms with Crippen LogP contribution in [0, 0.1) is 24.6 Å². The molecule has 2 amide bonds. The number of hydrogen-bond acceptors (Lipinski definition) is 5. The first-order valence-corrected chi connectivity index (χ1v) is 9.84. The molecular weight excluding hydrogens is 387 g/mol. The highest BCUT2D eigenvalue weighted by Crippen LogP contribution is 2.53. The number of fused-ring (bicyclic) bond motifs is 1. The zero-order valence-corrected chi connectivity index (χ0v) is 16.7. The second-order valence-corrected chi connectivity index (χ2v) is 8.15. The molecule has 2 bridgehead atoms. The maximum atomic E-state index is 13.5. The van der Waals surface area contributed by atoms with Crippen molar-refractivity contribution in [2.24, 2.45) is 11.8 Å². The van der Waals surface area contributed by atoms with E-state index in [1.54, 1.807) is 48.4 Å². The average Bonchev–Trinajstić information content (AvgIpc) is 3.36. The van der Waals surface area contributed by atoms with Crippen molar-refractivity contribution < 1.29 is 18.7 Å². The Morgan fingerprint density at radius 3 is 2.97 bits per heavy atom. The quantitative estimate of drug-likeness (QED) is 0.722. The van der Waals surface area contributed by atoms with Gasteiger partial charge in [-0.25, -0.2) is 4.39 Å². The van der Waals surface area contributed by atoms with Crippen LogP contribution in [-0.4, -0.2) is 52.0 Å². The Morgan fingerprint density at radius 1 is 1.40 bits per heavy atom. The van der Waals surface area contributed by atoms with Gasteiger partial charge in [0, 0.05) is 25.1 Å². The lowest BCUT2D eigenvalue weighted by Crippen LogP contribution is -2.44. The van der Waals surface area contributed by atoms with Gasteiger partial charge in [0.25, 0.3) is 0 Å². The Labute approximate surface area is 173 Å². The third-order valence-electron chi connectivity index (χ3n) is 6.23. The Kier molecular flexibility index (Phi) is 4.21. The molecule has 7 nitrogen and oxygen atoms in total. The van der Waals surface area contributed by atoms with Crippen LogP contribution < -0.4 is 4.90 Å². The van der Waals surface area contributed by atoms with Crippen molar-refractivity contribution >= 4 is 17.5 Å². The number of amides is 2. The summed E-state index contributed by atoms with van der Waals surface area (Å²) in [6.45, 7) is 2.38. The number of rotatable bonds is 4. The van der Waals surface area contributed by atoms with Crippen molar-refractivity contribution in [1.29, 1.82) is 0 Å². The van der Waals surface area contributed by atoms with E-state index in [9.17, 15) is 14.0 Å². The molecule has 0 N–H and O–H groups in total. The highest BCUT2D eigenvalue weighted by atomic mass is 19.1. The van der Waals surface area contributed by atoms with E-state index in [-0.39, 0.29) is 17.6 Å². The van der Waals surface area contributed by atoms with E-state index < -0.39 is 23.5 Å². The molecule has 0 aliphatic carbocycles. The van der Waals surface area contributed by atoms with Gasteiger partial charge in [-0.05, 0) is 30.7 Å². The van der Waals surface area contributed by atoms with Crippen molar-refractivity contribution in [2.45, 2.75) is 25.2 Å². The Bertz CT molecular complexity index is 1060. The molecule has 0 saturated carbocycles. The SMILES string of the molecule is Cc1cc(F)ccc1N1C[C@]23C=C[C@H](O2)[C@H](C(=O)N(C)Cc2cnccn2)[C@H]3C1=O. The lowest BCUT2D eigenvalue weighted by atomic mass is 9.76. The van der Waals surface area contributed by atoms with Crippen LogP contribution in [0.2, 0.25) is 0 Å². The summed E-state index contributed by atoms with van der Waals surface area (Å²) in [6, 6.07) is 4.35. The third kappa shape index (κ3) is 2.74. The van der Waals surface area contributed by atoms with Crippen molar-refractivity contribution in [3.05, 3.63) is 66.0 Å². The smallest absolute Gasteiger partial charge is 0.234 e. The van der Waals surface area contributed by atoms with Gasteiger partial charge in [-0.2, -0.15) is 0 Å². The molecule has 154 valence electrons. The summed E-state index contributed by atoms with van der Waals surface area (Å²) >= 11 is 0. The Balaban J connectivity index is 1.43. The molecule has 3 aliphatic heterocycles. The maximum Gasteiger partial charge on any atom is 0.234 e. The number of anilines is 1. The van der Waals surface area contributed by atoms with Gasteiger partial charge >= 0.3 is 0 Å². The third-order valence-corrected chi connectivity index (χ3v) is 6.23. The summed E-state index contributed by atoms with van der Waals surface area (Å²) in [6.07, 6.45) is 8.13. The van der Waals surface area contributed by atoms with E-state index in [4.69, 9.17) is 4.74 Å². The van der Waals surface area contributed by atoms with Crippen molar-refractivity contribution in [1.82, 2.24) is 14.9 Å². The minimum absolute atomic E-state index is 0.159. The molecule has 4 atom stereocenters. The number of aromatic nitrogens is 2. The molecule has 0 unspecified atom stereocenters. The van der Waals surface area contributed by atoms with E-state index >= 15 is 0 Å². The second-order valence-electron chi connectivity index (χ2n) is 8.15. The van der Waals surface area contributed by atoms with Crippen LogP contribution >= 0.6 is 0 Å². The van der Waals surface area contributed by atoms with E-state index in [0.29, 0.717) is 30.0 Å². The number of aryl methyl sites for hydroxylation is 1. The normalized spacial score (nSPS) is 28.8. The van der Waals surface area contributed by atoms with Gasteiger partial charge in [-0.3, -0.25) is 19.6 Å². The molecule has 4 heterocycles. The molecular formula is C22H21FN4O3. The number of nitrogens with zero attached hydrogens (tertiary/aromatic N) is 4. The highest BCUT2D eigenvalue weighted by molar-refractivity contribution is 6.03. The lowest BCUT2D eigenvalue weighted by molar-refractivity contribution is -0.139. The monoisotopic (exact) mass is 408 g/mol.